The molecule has 1 aromatic rings. The number of benzene rings is 1. The van der Waals surface area contributed by atoms with Crippen LogP contribution in [0.1, 0.15) is 48.9 Å². The lowest BCUT2D eigenvalue weighted by Crippen LogP contribution is -2.63. The van der Waals surface area contributed by atoms with Gasteiger partial charge in [-0.25, -0.2) is 5.01 Å². The van der Waals surface area contributed by atoms with E-state index in [1.54, 1.807) is 43.4 Å². The van der Waals surface area contributed by atoms with Gasteiger partial charge >= 0.3 is 0 Å². The van der Waals surface area contributed by atoms with Gasteiger partial charge in [0.05, 0.1) is 0 Å². The van der Waals surface area contributed by atoms with Gasteiger partial charge < -0.3 is 11.1 Å². The Morgan fingerprint density at radius 2 is 1.56 bits per heavy atom. The first-order valence-electron chi connectivity index (χ1n) is 9.99. The van der Waals surface area contributed by atoms with E-state index >= 15 is 0 Å². The number of rotatable bonds is 5. The summed E-state index contributed by atoms with van der Waals surface area (Å²) < 4.78 is 0. The van der Waals surface area contributed by atoms with Gasteiger partial charge in [0.25, 0.3) is 11.8 Å². The van der Waals surface area contributed by atoms with Crippen LogP contribution in [0.25, 0.3) is 0 Å². The molecule has 6 heteroatoms. The van der Waals surface area contributed by atoms with Crippen LogP contribution in [0.15, 0.2) is 24.3 Å². The summed E-state index contributed by atoms with van der Waals surface area (Å²) >= 11 is 0. The monoisotopic (exact) mass is 370 g/mol. The quantitative estimate of drug-likeness (QED) is 0.548. The minimum Gasteiger partial charge on any atom is -0.399 e. The number of hydrogen-bond acceptors (Lipinski definition) is 4. The number of anilines is 1. The zero-order valence-electron chi connectivity index (χ0n) is 16.2. The summed E-state index contributed by atoms with van der Waals surface area (Å²) in [5.74, 6) is 1.81. The van der Waals surface area contributed by atoms with E-state index in [1.807, 2.05) is 0 Å². The van der Waals surface area contributed by atoms with Crippen LogP contribution in [-0.2, 0) is 4.79 Å². The molecular weight excluding hydrogens is 340 g/mol. The molecule has 27 heavy (non-hydrogen) atoms. The maximum absolute atomic E-state index is 13.1. The van der Waals surface area contributed by atoms with Crippen molar-refractivity contribution in [2.24, 2.45) is 23.2 Å². The van der Waals surface area contributed by atoms with Crippen LogP contribution in [0.2, 0.25) is 0 Å². The minimum atomic E-state index is -0.502. The Bertz CT molecular complexity index is 693. The normalized spacial score (nSPS) is 32.3. The van der Waals surface area contributed by atoms with Crippen LogP contribution in [-0.4, -0.2) is 37.0 Å². The molecule has 0 heterocycles. The predicted molar refractivity (Wildman–Crippen MR) is 105 cm³/mol. The summed E-state index contributed by atoms with van der Waals surface area (Å²) in [4.78, 5) is 26.0. The third-order valence-corrected chi connectivity index (χ3v) is 6.74. The second-order valence-corrected chi connectivity index (χ2v) is 9.18. The maximum Gasteiger partial charge on any atom is 0.257 e. The zero-order chi connectivity index (χ0) is 19.2. The van der Waals surface area contributed by atoms with Crippen molar-refractivity contribution in [2.75, 3.05) is 19.8 Å². The van der Waals surface area contributed by atoms with Crippen molar-refractivity contribution < 1.29 is 9.59 Å². The molecule has 0 aliphatic heterocycles. The van der Waals surface area contributed by atoms with Crippen molar-refractivity contribution in [1.82, 2.24) is 15.8 Å². The molecule has 4 N–H and O–H groups in total. The second kappa shape index (κ2) is 6.82. The standard InChI is InChI=1S/C21H30N4O2/c1-25(2)24-20(27)18(23-19(26)16-3-5-17(22)6-4-16)21-10-13-7-14(11-21)9-15(8-13)12-21/h3-6,13-15,18H,7-12,22H2,1-2H3,(H,23,26)(H,24,27)/t13?,14?,15?,18-,21?/m0/s1. The molecule has 6 nitrogen and oxygen atoms in total. The van der Waals surface area contributed by atoms with Gasteiger partial charge in [0.1, 0.15) is 6.04 Å². The predicted octanol–water partition coefficient (Wildman–Crippen LogP) is 2.18. The first-order chi connectivity index (χ1) is 12.8. The maximum atomic E-state index is 13.1. The van der Waals surface area contributed by atoms with Crippen LogP contribution in [0.4, 0.5) is 5.69 Å². The fourth-order valence-electron chi connectivity index (χ4n) is 6.16. The number of carbonyl (C=O) groups excluding carboxylic acids is 2. The Kier molecular flexibility index (Phi) is 4.62. The molecule has 0 spiro atoms. The molecule has 4 bridgehead atoms. The van der Waals surface area contributed by atoms with Gasteiger partial charge in [0.2, 0.25) is 0 Å². The molecule has 146 valence electrons. The number of nitrogens with two attached hydrogens (primary N) is 1. The number of nitrogen functional groups attached to an aromatic ring is 1. The van der Waals surface area contributed by atoms with Gasteiger partial charge in [-0.3, -0.25) is 15.0 Å². The SMILES string of the molecule is CN(C)NC(=O)[C@H](NC(=O)c1ccc(N)cc1)C12CC3CC(CC(C3)C1)C2. The fourth-order valence-corrected chi connectivity index (χ4v) is 6.16. The molecular formula is C21H30N4O2. The molecule has 4 fully saturated rings. The molecule has 1 aromatic carbocycles. The van der Waals surface area contributed by atoms with Crippen molar-refractivity contribution in [3.8, 4) is 0 Å². The van der Waals surface area contributed by atoms with Gasteiger partial charge in [-0.1, -0.05) is 0 Å². The molecule has 1 atom stereocenters. The van der Waals surface area contributed by atoms with E-state index < -0.39 is 6.04 Å². The summed E-state index contributed by atoms with van der Waals surface area (Å²) in [7, 11) is 3.60. The molecule has 0 aromatic heterocycles. The highest BCUT2D eigenvalue weighted by molar-refractivity contribution is 5.98. The molecule has 4 saturated carbocycles. The Labute approximate surface area is 160 Å². The number of nitrogens with one attached hydrogen (secondary N) is 2. The molecule has 0 radical (unpaired) electrons. The molecule has 2 amide bonds. The smallest absolute Gasteiger partial charge is 0.257 e. The molecule has 4 aliphatic rings. The summed E-state index contributed by atoms with van der Waals surface area (Å²) in [5, 5.41) is 4.75. The molecule has 5 rings (SSSR count). The summed E-state index contributed by atoms with van der Waals surface area (Å²) in [5.41, 5.74) is 9.67. The zero-order valence-corrected chi connectivity index (χ0v) is 16.2. The highest BCUT2D eigenvalue weighted by Gasteiger charge is 2.56. The molecule has 0 unspecified atom stereocenters. The third-order valence-electron chi connectivity index (χ3n) is 6.74. The first kappa shape index (κ1) is 18.3. The van der Waals surface area contributed by atoms with Gasteiger partial charge in [0.15, 0.2) is 0 Å². The number of carbonyl (C=O) groups is 2. The number of nitrogens with zero attached hydrogens (tertiary/aromatic N) is 1. The van der Waals surface area contributed by atoms with E-state index in [-0.39, 0.29) is 17.2 Å². The van der Waals surface area contributed by atoms with Crippen molar-refractivity contribution >= 4 is 17.5 Å². The highest BCUT2D eigenvalue weighted by atomic mass is 16.2. The molecule has 4 aliphatic carbocycles. The molecule has 0 saturated heterocycles. The Morgan fingerprint density at radius 3 is 2.04 bits per heavy atom. The average Bonchev–Trinajstić information content (AvgIpc) is 2.58. The minimum absolute atomic E-state index is 0.106. The lowest BCUT2D eigenvalue weighted by Gasteiger charge is -2.59. The van der Waals surface area contributed by atoms with E-state index in [2.05, 4.69) is 10.7 Å². The van der Waals surface area contributed by atoms with Crippen LogP contribution >= 0.6 is 0 Å². The third kappa shape index (κ3) is 3.55. The highest BCUT2D eigenvalue weighted by Crippen LogP contribution is 2.61. The average molecular weight is 370 g/mol. The number of hydrogen-bond donors (Lipinski definition) is 3. The van der Waals surface area contributed by atoms with E-state index in [0.29, 0.717) is 29.0 Å². The Morgan fingerprint density at radius 1 is 1.04 bits per heavy atom. The van der Waals surface area contributed by atoms with Crippen molar-refractivity contribution in [3.05, 3.63) is 29.8 Å². The second-order valence-electron chi connectivity index (χ2n) is 9.18. The summed E-state index contributed by atoms with van der Waals surface area (Å²) in [6.45, 7) is 0. The van der Waals surface area contributed by atoms with Gasteiger partial charge in [0, 0.05) is 30.8 Å². The lowest BCUT2D eigenvalue weighted by molar-refractivity contribution is -0.138. The van der Waals surface area contributed by atoms with Crippen LogP contribution in [0, 0.1) is 23.2 Å². The first-order valence-corrected chi connectivity index (χ1v) is 9.99. The van der Waals surface area contributed by atoms with Crippen molar-refractivity contribution in [3.63, 3.8) is 0 Å². The largest absolute Gasteiger partial charge is 0.399 e. The fraction of sp³-hybridized carbons (Fsp3) is 0.619. The van der Waals surface area contributed by atoms with Crippen LogP contribution < -0.4 is 16.5 Å². The van der Waals surface area contributed by atoms with Gasteiger partial charge in [-0.2, -0.15) is 0 Å². The summed E-state index contributed by atoms with van der Waals surface area (Å²) in [6.07, 6.45) is 7.04. The van der Waals surface area contributed by atoms with Crippen molar-refractivity contribution in [2.45, 2.75) is 44.6 Å². The van der Waals surface area contributed by atoms with E-state index in [1.165, 1.54) is 19.3 Å². The van der Waals surface area contributed by atoms with Gasteiger partial charge in [-0.05, 0) is 80.5 Å². The summed E-state index contributed by atoms with van der Waals surface area (Å²) in [6, 6.07) is 6.36. The van der Waals surface area contributed by atoms with Crippen LogP contribution in [0.5, 0.6) is 0 Å². The lowest BCUT2D eigenvalue weighted by atomic mass is 9.47. The van der Waals surface area contributed by atoms with E-state index in [0.717, 1.165) is 19.3 Å². The number of amides is 2. The Balaban J connectivity index is 1.60. The van der Waals surface area contributed by atoms with E-state index in [9.17, 15) is 9.59 Å². The van der Waals surface area contributed by atoms with Gasteiger partial charge in [-0.15, -0.1) is 0 Å². The topological polar surface area (TPSA) is 87.5 Å². The van der Waals surface area contributed by atoms with E-state index in [4.69, 9.17) is 5.73 Å². The van der Waals surface area contributed by atoms with Crippen LogP contribution in [0.3, 0.4) is 0 Å². The van der Waals surface area contributed by atoms with Crippen molar-refractivity contribution in [1.29, 1.82) is 0 Å². The number of hydrazine groups is 1. The Hall–Kier alpha value is -2.08.